The van der Waals surface area contributed by atoms with Crippen LogP contribution in [0.5, 0.6) is 0 Å². The fraction of sp³-hybridized carbons (Fsp3) is 0.458. The van der Waals surface area contributed by atoms with Crippen LogP contribution in [0.15, 0.2) is 42.7 Å². The van der Waals surface area contributed by atoms with Crippen molar-refractivity contribution < 1.29 is 19.5 Å². The van der Waals surface area contributed by atoms with Crippen molar-refractivity contribution >= 4 is 23.6 Å². The molecule has 2 aromatic heterocycles. The van der Waals surface area contributed by atoms with Crippen molar-refractivity contribution in [3.63, 3.8) is 0 Å². The Morgan fingerprint density at radius 3 is 2.52 bits per heavy atom. The number of aromatic nitrogens is 2. The first-order chi connectivity index (χ1) is 16.0. The first kappa shape index (κ1) is 24.2. The zero-order valence-corrected chi connectivity index (χ0v) is 18.7. The molecule has 1 saturated heterocycles. The Hall–Kier alpha value is -3.49. The molecule has 0 atom stereocenters. The minimum Gasteiger partial charge on any atom is -0.481 e. The molecule has 0 spiro atoms. The van der Waals surface area contributed by atoms with Crippen molar-refractivity contribution in [2.75, 3.05) is 31.5 Å². The summed E-state index contributed by atoms with van der Waals surface area (Å²) in [5, 5.41) is 14.4. The summed E-state index contributed by atoms with van der Waals surface area (Å²) < 4.78 is 0. The number of carboxylic acids is 1. The summed E-state index contributed by atoms with van der Waals surface area (Å²) in [4.78, 5) is 44.7. The number of pyridine rings is 2. The minimum atomic E-state index is -0.977. The van der Waals surface area contributed by atoms with Gasteiger partial charge in [-0.2, -0.15) is 0 Å². The van der Waals surface area contributed by atoms with Crippen LogP contribution in [-0.2, 0) is 20.8 Å². The van der Waals surface area contributed by atoms with E-state index in [-0.39, 0.29) is 25.3 Å². The number of carbonyl (C=O) groups excluding carboxylic acids is 2. The summed E-state index contributed by atoms with van der Waals surface area (Å²) in [6, 6.07) is 9.97. The molecule has 4 heterocycles. The predicted octanol–water partition coefficient (Wildman–Crippen LogP) is 2.21. The Labute approximate surface area is 193 Å². The lowest BCUT2D eigenvalue weighted by Crippen LogP contribution is -2.40. The Morgan fingerprint density at radius 2 is 1.88 bits per heavy atom. The van der Waals surface area contributed by atoms with Gasteiger partial charge in [-0.3, -0.25) is 19.4 Å². The summed E-state index contributed by atoms with van der Waals surface area (Å²) in [7, 11) is 0. The maximum absolute atomic E-state index is 12.3. The molecule has 0 bridgehead atoms. The highest BCUT2D eigenvalue weighted by Gasteiger charge is 2.26. The van der Waals surface area contributed by atoms with Crippen molar-refractivity contribution in [1.82, 2.24) is 20.2 Å². The molecular weight excluding hydrogens is 422 g/mol. The van der Waals surface area contributed by atoms with Gasteiger partial charge < -0.3 is 20.6 Å². The highest BCUT2D eigenvalue weighted by atomic mass is 16.4. The topological polar surface area (TPSA) is 125 Å². The van der Waals surface area contributed by atoms with Crippen LogP contribution < -0.4 is 10.6 Å². The zero-order chi connectivity index (χ0) is 23.5. The van der Waals surface area contributed by atoms with Gasteiger partial charge in [-0.1, -0.05) is 12.1 Å². The van der Waals surface area contributed by atoms with Gasteiger partial charge in [0.1, 0.15) is 12.2 Å². The van der Waals surface area contributed by atoms with Crippen molar-refractivity contribution in [1.29, 1.82) is 0 Å². The summed E-state index contributed by atoms with van der Waals surface area (Å²) >= 11 is 0. The van der Waals surface area contributed by atoms with Gasteiger partial charge in [0.25, 0.3) is 0 Å². The Kier molecular flexibility index (Phi) is 9.17. The third-order valence-electron chi connectivity index (χ3n) is 5.72. The monoisotopic (exact) mass is 453 g/mol. The van der Waals surface area contributed by atoms with Crippen molar-refractivity contribution in [2.45, 2.75) is 44.4 Å². The number of anilines is 1. The first-order valence-corrected chi connectivity index (χ1v) is 11.4. The maximum Gasteiger partial charge on any atom is 0.305 e. The average molecular weight is 454 g/mol. The fourth-order valence-electron chi connectivity index (χ4n) is 3.93. The summed E-state index contributed by atoms with van der Waals surface area (Å²) in [5.41, 5.74) is 2.34. The molecule has 2 aliphatic heterocycles. The third-order valence-corrected chi connectivity index (χ3v) is 5.72. The van der Waals surface area contributed by atoms with Crippen LogP contribution in [-0.4, -0.2) is 63.9 Å². The minimum absolute atomic E-state index is 0.0432. The van der Waals surface area contributed by atoms with Gasteiger partial charge in [0.15, 0.2) is 0 Å². The second-order valence-electron chi connectivity index (χ2n) is 8.12. The van der Waals surface area contributed by atoms with Gasteiger partial charge in [0.05, 0.1) is 6.42 Å². The molecule has 2 aromatic rings. The maximum atomic E-state index is 12.3. The van der Waals surface area contributed by atoms with Crippen LogP contribution >= 0.6 is 0 Å². The number of likely N-dealkylation sites (tertiary alicyclic amines) is 1. The van der Waals surface area contributed by atoms with E-state index in [2.05, 4.69) is 27.8 Å². The van der Waals surface area contributed by atoms with Crippen LogP contribution in [0.4, 0.5) is 5.82 Å². The Bertz CT molecular complexity index is 903. The Balaban J connectivity index is 0.000000442. The number of carboxylic acid groups (broad SMARTS) is 1. The summed E-state index contributed by atoms with van der Waals surface area (Å²) in [6.07, 6.45) is 6.99. The van der Waals surface area contributed by atoms with Crippen LogP contribution in [0.3, 0.4) is 0 Å². The molecular formula is C24H31N5O4. The molecule has 3 N–H and O–H groups in total. The van der Waals surface area contributed by atoms with Crippen LogP contribution in [0.2, 0.25) is 0 Å². The molecule has 4 rings (SSSR count). The van der Waals surface area contributed by atoms with Crippen molar-refractivity contribution in [3.05, 3.63) is 54.0 Å². The van der Waals surface area contributed by atoms with Crippen molar-refractivity contribution in [2.24, 2.45) is 0 Å². The largest absolute Gasteiger partial charge is 0.481 e. The van der Waals surface area contributed by atoms with E-state index in [4.69, 9.17) is 10.1 Å². The SMILES string of the molecule is O=C(O)CCNC(=O)CC(=O)N1CCC(c2ccc3c(n2)NCCC3)CC1.c1ccncc1. The quantitative estimate of drug-likeness (QED) is 0.573. The molecule has 0 radical (unpaired) electrons. The van der Waals surface area contributed by atoms with E-state index in [1.165, 1.54) is 5.56 Å². The van der Waals surface area contributed by atoms with Crippen LogP contribution in [0.1, 0.15) is 49.3 Å². The van der Waals surface area contributed by atoms with Gasteiger partial charge in [-0.25, -0.2) is 4.98 Å². The van der Waals surface area contributed by atoms with Crippen molar-refractivity contribution in [3.8, 4) is 0 Å². The molecule has 2 aliphatic rings. The van der Waals surface area contributed by atoms with Gasteiger partial charge in [-0.05, 0) is 49.4 Å². The number of fused-ring (bicyclic) bond motifs is 1. The summed E-state index contributed by atoms with van der Waals surface area (Å²) in [6.45, 7) is 2.22. The zero-order valence-electron chi connectivity index (χ0n) is 18.7. The van der Waals surface area contributed by atoms with Gasteiger partial charge >= 0.3 is 5.97 Å². The molecule has 0 aliphatic carbocycles. The molecule has 0 unspecified atom stereocenters. The molecule has 2 amide bonds. The second-order valence-corrected chi connectivity index (χ2v) is 8.12. The molecule has 33 heavy (non-hydrogen) atoms. The van der Waals surface area contributed by atoms with E-state index >= 15 is 0 Å². The molecule has 1 fully saturated rings. The van der Waals surface area contributed by atoms with Gasteiger partial charge in [0, 0.05) is 50.2 Å². The van der Waals surface area contributed by atoms with E-state index in [9.17, 15) is 14.4 Å². The lowest BCUT2D eigenvalue weighted by atomic mass is 9.92. The predicted molar refractivity (Wildman–Crippen MR) is 124 cm³/mol. The number of hydrogen-bond acceptors (Lipinski definition) is 6. The first-order valence-electron chi connectivity index (χ1n) is 11.4. The molecule has 9 nitrogen and oxygen atoms in total. The number of carbonyl (C=O) groups is 3. The molecule has 176 valence electrons. The third kappa shape index (κ3) is 7.85. The van der Waals surface area contributed by atoms with E-state index in [0.29, 0.717) is 19.0 Å². The Morgan fingerprint density at radius 1 is 1.12 bits per heavy atom. The fourth-order valence-corrected chi connectivity index (χ4v) is 3.93. The lowest BCUT2D eigenvalue weighted by Gasteiger charge is -2.32. The highest BCUT2D eigenvalue weighted by Crippen LogP contribution is 2.30. The standard InChI is InChI=1S/C19H26N4O4.C5H5N/c24-16(20-9-5-18(26)27)12-17(25)23-10-6-13(7-11-23)15-4-3-14-2-1-8-21-19(14)22-15;1-2-4-6-5-3-1/h3-4,13H,1-2,5-12H2,(H,20,24)(H,21,22)(H,26,27);1-5H. The smallest absolute Gasteiger partial charge is 0.305 e. The second kappa shape index (κ2) is 12.5. The van der Waals surface area contributed by atoms with Gasteiger partial charge in [0.2, 0.25) is 11.8 Å². The summed E-state index contributed by atoms with van der Waals surface area (Å²) in [5.74, 6) is -0.287. The number of aliphatic carboxylic acids is 1. The number of amides is 2. The molecule has 0 aromatic carbocycles. The van der Waals surface area contributed by atoms with E-state index in [0.717, 1.165) is 43.7 Å². The number of hydrogen-bond donors (Lipinski definition) is 3. The molecule has 9 heteroatoms. The normalized spacial score (nSPS) is 15.3. The van der Waals surface area contributed by atoms with Crippen LogP contribution in [0.25, 0.3) is 0 Å². The van der Waals surface area contributed by atoms with Crippen LogP contribution in [0, 0.1) is 0 Å². The van der Waals surface area contributed by atoms with E-state index in [1.807, 2.05) is 18.2 Å². The average Bonchev–Trinajstić information content (AvgIpc) is 2.85. The number of piperidine rings is 1. The lowest BCUT2D eigenvalue weighted by molar-refractivity contribution is -0.137. The van der Waals surface area contributed by atoms with E-state index in [1.54, 1.807) is 17.3 Å². The van der Waals surface area contributed by atoms with Gasteiger partial charge in [-0.15, -0.1) is 0 Å². The highest BCUT2D eigenvalue weighted by molar-refractivity contribution is 5.97. The number of aryl methyl sites for hydroxylation is 1. The number of rotatable bonds is 6. The molecule has 0 saturated carbocycles. The van der Waals surface area contributed by atoms with E-state index < -0.39 is 11.9 Å². The number of nitrogens with zero attached hydrogens (tertiary/aromatic N) is 3. The number of nitrogens with one attached hydrogen (secondary N) is 2.